The van der Waals surface area contributed by atoms with Gasteiger partial charge in [-0.15, -0.1) is 0 Å². The van der Waals surface area contributed by atoms with E-state index in [4.69, 9.17) is 9.47 Å². The Bertz CT molecular complexity index is 355. The molecule has 1 aliphatic rings. The fourth-order valence-electron chi connectivity index (χ4n) is 1.58. The Hall–Kier alpha value is -1.30. The van der Waals surface area contributed by atoms with E-state index < -0.39 is 0 Å². The highest BCUT2D eigenvalue weighted by Gasteiger charge is 2.12. The van der Waals surface area contributed by atoms with Crippen LogP contribution in [0.15, 0.2) is 30.3 Å². The number of ether oxygens (including phenoxy) is 2. The van der Waals surface area contributed by atoms with Gasteiger partial charge in [-0.1, -0.05) is 30.0 Å². The van der Waals surface area contributed by atoms with Gasteiger partial charge >= 0.3 is 0 Å². The highest BCUT2D eigenvalue weighted by Crippen LogP contribution is 2.09. The summed E-state index contributed by atoms with van der Waals surface area (Å²) < 4.78 is 10.9. The van der Waals surface area contributed by atoms with Crippen molar-refractivity contribution in [3.8, 4) is 11.8 Å². The van der Waals surface area contributed by atoms with Gasteiger partial charge in [-0.2, -0.15) is 0 Å². The third-order valence-corrected chi connectivity index (χ3v) is 2.41. The van der Waals surface area contributed by atoms with Gasteiger partial charge in [-0.05, 0) is 18.6 Å². The summed E-state index contributed by atoms with van der Waals surface area (Å²) in [5.74, 6) is 6.26. The standard InChI is InChI=1S/C14H16O2/c1-2-7-13(8-3-1)9-4-5-10-14-15-11-6-12-16-14/h1-3,7-8,14H,5-6,10-12H2. The first-order valence-electron chi connectivity index (χ1n) is 5.72. The van der Waals surface area contributed by atoms with E-state index in [1.54, 1.807) is 0 Å². The van der Waals surface area contributed by atoms with E-state index in [0.29, 0.717) is 0 Å². The van der Waals surface area contributed by atoms with Crippen molar-refractivity contribution < 1.29 is 9.47 Å². The van der Waals surface area contributed by atoms with Gasteiger partial charge in [0, 0.05) is 18.4 Å². The van der Waals surface area contributed by atoms with Crippen LogP contribution in [0.4, 0.5) is 0 Å². The third kappa shape index (κ3) is 3.69. The van der Waals surface area contributed by atoms with Gasteiger partial charge in [0.1, 0.15) is 0 Å². The van der Waals surface area contributed by atoms with E-state index >= 15 is 0 Å². The smallest absolute Gasteiger partial charge is 0.158 e. The molecule has 0 aliphatic carbocycles. The summed E-state index contributed by atoms with van der Waals surface area (Å²) in [7, 11) is 0. The first kappa shape index (κ1) is 11.2. The summed E-state index contributed by atoms with van der Waals surface area (Å²) in [6.45, 7) is 1.63. The second-order valence-corrected chi connectivity index (χ2v) is 3.73. The molecule has 2 nitrogen and oxygen atoms in total. The lowest BCUT2D eigenvalue weighted by Gasteiger charge is -2.22. The second kappa shape index (κ2) is 6.32. The minimum Gasteiger partial charge on any atom is -0.353 e. The predicted molar refractivity (Wildman–Crippen MR) is 62.9 cm³/mol. The zero-order chi connectivity index (χ0) is 11.1. The van der Waals surface area contributed by atoms with Crippen molar-refractivity contribution in [1.29, 1.82) is 0 Å². The largest absolute Gasteiger partial charge is 0.353 e. The average molecular weight is 216 g/mol. The number of hydrogen-bond acceptors (Lipinski definition) is 2. The molecule has 2 heteroatoms. The predicted octanol–water partition coefficient (Wildman–Crippen LogP) is 2.58. The van der Waals surface area contributed by atoms with Crippen molar-refractivity contribution in [1.82, 2.24) is 0 Å². The van der Waals surface area contributed by atoms with Crippen molar-refractivity contribution in [3.63, 3.8) is 0 Å². The van der Waals surface area contributed by atoms with Gasteiger partial charge in [0.05, 0.1) is 13.2 Å². The number of hydrogen-bond donors (Lipinski definition) is 0. The number of benzene rings is 1. The molecular formula is C14H16O2. The van der Waals surface area contributed by atoms with Crippen LogP contribution in [-0.4, -0.2) is 19.5 Å². The fourth-order valence-corrected chi connectivity index (χ4v) is 1.58. The molecule has 0 atom stereocenters. The first-order valence-corrected chi connectivity index (χ1v) is 5.72. The van der Waals surface area contributed by atoms with Crippen LogP contribution in [0.25, 0.3) is 0 Å². The lowest BCUT2D eigenvalue weighted by molar-refractivity contribution is -0.180. The summed E-state index contributed by atoms with van der Waals surface area (Å²) >= 11 is 0. The van der Waals surface area contributed by atoms with E-state index in [-0.39, 0.29) is 6.29 Å². The van der Waals surface area contributed by atoms with Crippen molar-refractivity contribution in [3.05, 3.63) is 35.9 Å². The molecular weight excluding hydrogens is 200 g/mol. The van der Waals surface area contributed by atoms with Gasteiger partial charge in [0.2, 0.25) is 0 Å². The normalized spacial score (nSPS) is 16.5. The second-order valence-electron chi connectivity index (χ2n) is 3.73. The van der Waals surface area contributed by atoms with Crippen LogP contribution >= 0.6 is 0 Å². The maximum Gasteiger partial charge on any atom is 0.158 e. The zero-order valence-electron chi connectivity index (χ0n) is 9.32. The maximum atomic E-state index is 5.44. The molecule has 1 saturated heterocycles. The van der Waals surface area contributed by atoms with Gasteiger partial charge in [-0.25, -0.2) is 0 Å². The molecule has 0 N–H and O–H groups in total. The lowest BCUT2D eigenvalue weighted by atomic mass is 10.2. The fraction of sp³-hybridized carbons (Fsp3) is 0.429. The van der Waals surface area contributed by atoms with E-state index in [0.717, 1.165) is 38.0 Å². The molecule has 1 aromatic carbocycles. The molecule has 0 amide bonds. The highest BCUT2D eigenvalue weighted by atomic mass is 16.7. The molecule has 0 bridgehead atoms. The Morgan fingerprint density at radius 2 is 1.88 bits per heavy atom. The van der Waals surface area contributed by atoms with Crippen LogP contribution in [0.1, 0.15) is 24.8 Å². The van der Waals surface area contributed by atoms with Gasteiger partial charge in [0.25, 0.3) is 0 Å². The Morgan fingerprint density at radius 1 is 1.12 bits per heavy atom. The van der Waals surface area contributed by atoms with Gasteiger partial charge < -0.3 is 9.47 Å². The summed E-state index contributed by atoms with van der Waals surface area (Å²) in [5, 5.41) is 0. The molecule has 2 rings (SSSR count). The maximum absolute atomic E-state index is 5.44. The van der Waals surface area contributed by atoms with Crippen LogP contribution in [0.3, 0.4) is 0 Å². The minimum absolute atomic E-state index is 0.0428. The van der Waals surface area contributed by atoms with Crippen LogP contribution in [-0.2, 0) is 9.47 Å². The molecule has 0 radical (unpaired) electrons. The average Bonchev–Trinajstić information content (AvgIpc) is 2.37. The Balaban J connectivity index is 1.73. The number of rotatable bonds is 2. The van der Waals surface area contributed by atoms with Crippen LogP contribution in [0.2, 0.25) is 0 Å². The summed E-state index contributed by atoms with van der Waals surface area (Å²) in [5.41, 5.74) is 1.06. The topological polar surface area (TPSA) is 18.5 Å². The van der Waals surface area contributed by atoms with E-state index in [2.05, 4.69) is 11.8 Å². The summed E-state index contributed by atoms with van der Waals surface area (Å²) in [4.78, 5) is 0. The van der Waals surface area contributed by atoms with Crippen molar-refractivity contribution in [2.45, 2.75) is 25.6 Å². The van der Waals surface area contributed by atoms with Crippen LogP contribution < -0.4 is 0 Å². The zero-order valence-corrected chi connectivity index (χ0v) is 9.32. The molecule has 0 aromatic heterocycles. The molecule has 0 unspecified atom stereocenters. The van der Waals surface area contributed by atoms with Crippen LogP contribution in [0, 0.1) is 11.8 Å². The van der Waals surface area contributed by atoms with Gasteiger partial charge in [-0.3, -0.25) is 0 Å². The van der Waals surface area contributed by atoms with E-state index in [9.17, 15) is 0 Å². The lowest BCUT2D eigenvalue weighted by Crippen LogP contribution is -2.24. The molecule has 16 heavy (non-hydrogen) atoms. The molecule has 1 aliphatic heterocycles. The molecule has 84 valence electrons. The highest BCUT2D eigenvalue weighted by molar-refractivity contribution is 5.33. The Kier molecular flexibility index (Phi) is 4.42. The molecule has 0 saturated carbocycles. The van der Waals surface area contributed by atoms with Crippen LogP contribution in [0.5, 0.6) is 0 Å². The minimum atomic E-state index is -0.0428. The Labute approximate surface area is 96.6 Å². The molecule has 1 fully saturated rings. The summed E-state index contributed by atoms with van der Waals surface area (Å²) in [6, 6.07) is 10.0. The van der Waals surface area contributed by atoms with E-state index in [1.807, 2.05) is 30.3 Å². The third-order valence-electron chi connectivity index (χ3n) is 2.41. The molecule has 1 heterocycles. The first-order chi connectivity index (χ1) is 7.95. The molecule has 0 spiro atoms. The van der Waals surface area contributed by atoms with Crippen molar-refractivity contribution in [2.75, 3.05) is 13.2 Å². The summed E-state index contributed by atoms with van der Waals surface area (Å²) in [6.07, 6.45) is 2.64. The Morgan fingerprint density at radius 3 is 2.62 bits per heavy atom. The van der Waals surface area contributed by atoms with Gasteiger partial charge in [0.15, 0.2) is 6.29 Å². The SMILES string of the molecule is C(#Cc1ccccc1)CCC1OCCCO1. The van der Waals surface area contributed by atoms with E-state index in [1.165, 1.54) is 0 Å². The van der Waals surface area contributed by atoms with Crippen molar-refractivity contribution >= 4 is 0 Å². The molecule has 1 aromatic rings. The monoisotopic (exact) mass is 216 g/mol. The van der Waals surface area contributed by atoms with Crippen molar-refractivity contribution in [2.24, 2.45) is 0 Å². The quantitative estimate of drug-likeness (QED) is 0.707.